The van der Waals surface area contributed by atoms with Gasteiger partial charge in [-0.1, -0.05) is 6.07 Å². The SMILES string of the molecule is CN(C)C(=O)c1ccc(Cc2ncnc3c2c(C#N)cn3C2CCN(C(=O)OC(C)(C)C)CC2)c(F)c1. The fourth-order valence-corrected chi connectivity index (χ4v) is 4.56. The van der Waals surface area contributed by atoms with Gasteiger partial charge in [-0.2, -0.15) is 5.26 Å². The summed E-state index contributed by atoms with van der Waals surface area (Å²) < 4.78 is 22.4. The van der Waals surface area contributed by atoms with E-state index in [4.69, 9.17) is 4.74 Å². The molecule has 10 heteroatoms. The van der Waals surface area contributed by atoms with Crippen LogP contribution in [0.1, 0.15) is 66.8 Å². The average molecular weight is 507 g/mol. The van der Waals surface area contributed by atoms with E-state index in [1.54, 1.807) is 37.3 Å². The number of carbonyl (C=O) groups is 2. The number of nitrogens with zero attached hydrogens (tertiary/aromatic N) is 6. The molecule has 0 saturated carbocycles. The van der Waals surface area contributed by atoms with E-state index in [0.29, 0.717) is 53.8 Å². The van der Waals surface area contributed by atoms with Gasteiger partial charge in [0.25, 0.3) is 5.91 Å². The summed E-state index contributed by atoms with van der Waals surface area (Å²) in [6.45, 7) is 6.58. The Morgan fingerprint density at radius 1 is 1.22 bits per heavy atom. The van der Waals surface area contributed by atoms with Gasteiger partial charge in [-0.25, -0.2) is 19.2 Å². The Hall–Kier alpha value is -4.00. The van der Waals surface area contributed by atoms with Crippen LogP contribution in [0.5, 0.6) is 0 Å². The first-order chi connectivity index (χ1) is 17.5. The summed E-state index contributed by atoms with van der Waals surface area (Å²) in [6, 6.07) is 6.67. The number of carbonyl (C=O) groups excluding carboxylic acids is 2. The van der Waals surface area contributed by atoms with Crippen molar-refractivity contribution in [2.75, 3.05) is 27.2 Å². The van der Waals surface area contributed by atoms with Crippen molar-refractivity contribution in [3.8, 4) is 6.07 Å². The number of hydrogen-bond donors (Lipinski definition) is 0. The van der Waals surface area contributed by atoms with Crippen LogP contribution in [0.25, 0.3) is 11.0 Å². The molecule has 1 aromatic carbocycles. The molecule has 0 spiro atoms. The monoisotopic (exact) mass is 506 g/mol. The van der Waals surface area contributed by atoms with Crippen molar-refractivity contribution in [1.82, 2.24) is 24.3 Å². The first-order valence-electron chi connectivity index (χ1n) is 12.2. The first-order valence-corrected chi connectivity index (χ1v) is 12.2. The fraction of sp³-hybridized carbons (Fsp3) is 0.444. The molecule has 0 bridgehead atoms. The van der Waals surface area contributed by atoms with E-state index in [1.807, 2.05) is 25.3 Å². The Morgan fingerprint density at radius 2 is 1.92 bits per heavy atom. The van der Waals surface area contributed by atoms with Gasteiger partial charge in [0.2, 0.25) is 0 Å². The number of amides is 2. The smallest absolute Gasteiger partial charge is 0.410 e. The number of ether oxygens (including phenoxy) is 1. The Kier molecular flexibility index (Phi) is 7.16. The lowest BCUT2D eigenvalue weighted by Crippen LogP contribution is -2.42. The normalized spacial score (nSPS) is 14.5. The molecular weight excluding hydrogens is 475 g/mol. The zero-order chi connectivity index (χ0) is 26.9. The van der Waals surface area contributed by atoms with Crippen molar-refractivity contribution in [2.45, 2.75) is 51.7 Å². The number of halogens is 1. The molecule has 3 aromatic rings. The van der Waals surface area contributed by atoms with Crippen LogP contribution in [0.2, 0.25) is 0 Å². The molecule has 194 valence electrons. The molecule has 0 N–H and O–H groups in total. The second-order valence-electron chi connectivity index (χ2n) is 10.5. The van der Waals surface area contributed by atoms with E-state index in [0.717, 1.165) is 0 Å². The Morgan fingerprint density at radius 3 is 2.51 bits per heavy atom. The first kappa shape index (κ1) is 26.1. The van der Waals surface area contributed by atoms with E-state index in [1.165, 1.54) is 17.3 Å². The van der Waals surface area contributed by atoms with Crippen molar-refractivity contribution in [3.63, 3.8) is 0 Å². The minimum absolute atomic E-state index is 0.0408. The molecule has 1 saturated heterocycles. The molecule has 37 heavy (non-hydrogen) atoms. The van der Waals surface area contributed by atoms with E-state index in [2.05, 4.69) is 16.0 Å². The number of fused-ring (bicyclic) bond motifs is 1. The Bertz CT molecular complexity index is 1380. The number of rotatable bonds is 4. The van der Waals surface area contributed by atoms with E-state index < -0.39 is 11.4 Å². The third-order valence-electron chi connectivity index (χ3n) is 6.38. The van der Waals surface area contributed by atoms with Crippen LogP contribution in [0.15, 0.2) is 30.7 Å². The molecule has 3 heterocycles. The van der Waals surface area contributed by atoms with Gasteiger partial charge >= 0.3 is 6.09 Å². The zero-order valence-corrected chi connectivity index (χ0v) is 21.8. The van der Waals surface area contributed by atoms with Gasteiger partial charge in [0, 0.05) is 51.4 Å². The fourth-order valence-electron chi connectivity index (χ4n) is 4.56. The Labute approximate surface area is 215 Å². The third-order valence-corrected chi connectivity index (χ3v) is 6.38. The van der Waals surface area contributed by atoms with Crippen LogP contribution >= 0.6 is 0 Å². The summed E-state index contributed by atoms with van der Waals surface area (Å²) >= 11 is 0. The van der Waals surface area contributed by atoms with Crippen LogP contribution in [-0.4, -0.2) is 69.1 Å². The summed E-state index contributed by atoms with van der Waals surface area (Å²) in [5.41, 5.74) is 1.65. The molecule has 0 atom stereocenters. The Balaban J connectivity index is 1.59. The van der Waals surface area contributed by atoms with Crippen LogP contribution < -0.4 is 0 Å². The predicted molar refractivity (Wildman–Crippen MR) is 136 cm³/mol. The molecule has 1 aliphatic rings. The lowest BCUT2D eigenvalue weighted by atomic mass is 10.0. The lowest BCUT2D eigenvalue weighted by Gasteiger charge is -2.34. The second kappa shape index (κ2) is 10.2. The molecule has 2 amide bonds. The minimum atomic E-state index is -0.554. The van der Waals surface area contributed by atoms with E-state index in [9.17, 15) is 19.2 Å². The predicted octanol–water partition coefficient (Wildman–Crippen LogP) is 4.31. The topological polar surface area (TPSA) is 104 Å². The largest absolute Gasteiger partial charge is 0.444 e. The lowest BCUT2D eigenvalue weighted by molar-refractivity contribution is 0.0189. The van der Waals surface area contributed by atoms with Gasteiger partial charge in [-0.3, -0.25) is 4.79 Å². The average Bonchev–Trinajstić information content (AvgIpc) is 3.23. The van der Waals surface area contributed by atoms with Gasteiger partial charge in [0.15, 0.2) is 0 Å². The highest BCUT2D eigenvalue weighted by atomic mass is 19.1. The molecule has 1 aliphatic heterocycles. The van der Waals surface area contributed by atoms with Crippen LogP contribution in [0.4, 0.5) is 9.18 Å². The number of benzene rings is 1. The van der Waals surface area contributed by atoms with Crippen LogP contribution in [0, 0.1) is 17.1 Å². The van der Waals surface area contributed by atoms with Gasteiger partial charge in [0.05, 0.1) is 16.6 Å². The molecule has 4 rings (SSSR count). The molecule has 0 unspecified atom stereocenters. The maximum absolute atomic E-state index is 14.9. The maximum Gasteiger partial charge on any atom is 0.410 e. The summed E-state index contributed by atoms with van der Waals surface area (Å²) in [5, 5.41) is 10.5. The molecule has 9 nitrogen and oxygen atoms in total. The van der Waals surface area contributed by atoms with Crippen LogP contribution in [-0.2, 0) is 11.2 Å². The van der Waals surface area contributed by atoms with Crippen molar-refractivity contribution < 1.29 is 18.7 Å². The van der Waals surface area contributed by atoms with Gasteiger partial charge < -0.3 is 19.1 Å². The van der Waals surface area contributed by atoms with E-state index in [-0.39, 0.29) is 30.0 Å². The number of aromatic nitrogens is 3. The highest BCUT2D eigenvalue weighted by Gasteiger charge is 2.29. The number of nitriles is 1. The van der Waals surface area contributed by atoms with Crippen molar-refractivity contribution in [2.24, 2.45) is 0 Å². The molecule has 0 aliphatic carbocycles. The summed E-state index contributed by atoms with van der Waals surface area (Å²) in [5.74, 6) is -0.789. The molecule has 1 fully saturated rings. The van der Waals surface area contributed by atoms with Gasteiger partial charge in [0.1, 0.15) is 29.5 Å². The summed E-state index contributed by atoms with van der Waals surface area (Å²) in [6.07, 6.45) is 4.38. The number of hydrogen-bond acceptors (Lipinski definition) is 6. The van der Waals surface area contributed by atoms with Gasteiger partial charge in [-0.15, -0.1) is 0 Å². The second-order valence-corrected chi connectivity index (χ2v) is 10.5. The maximum atomic E-state index is 14.9. The quantitative estimate of drug-likeness (QED) is 0.522. The van der Waals surface area contributed by atoms with E-state index >= 15 is 0 Å². The van der Waals surface area contributed by atoms with Crippen LogP contribution in [0.3, 0.4) is 0 Å². The van der Waals surface area contributed by atoms with Gasteiger partial charge in [-0.05, 0) is 51.3 Å². The highest BCUT2D eigenvalue weighted by Crippen LogP contribution is 2.31. The minimum Gasteiger partial charge on any atom is -0.444 e. The molecule has 0 radical (unpaired) electrons. The molecule has 2 aromatic heterocycles. The van der Waals surface area contributed by atoms with Crippen molar-refractivity contribution in [1.29, 1.82) is 5.26 Å². The zero-order valence-electron chi connectivity index (χ0n) is 21.8. The third kappa shape index (κ3) is 5.56. The molecular formula is C27H31FN6O3. The standard InChI is InChI=1S/C27H31FN6O3/c1-27(2,3)37-26(36)33-10-8-20(9-11-33)34-15-19(14-29)23-22(30-16-31-24(23)34)13-17-6-7-18(12-21(17)28)25(35)32(4)5/h6-7,12,15-16,20H,8-11,13H2,1-5H3. The van der Waals surface area contributed by atoms with Crippen molar-refractivity contribution in [3.05, 3.63) is 58.9 Å². The highest BCUT2D eigenvalue weighted by molar-refractivity contribution is 5.94. The number of piperidine rings is 1. The van der Waals surface area contributed by atoms with Crippen molar-refractivity contribution >= 4 is 23.0 Å². The number of likely N-dealkylation sites (tertiary alicyclic amines) is 1. The summed E-state index contributed by atoms with van der Waals surface area (Å²) in [4.78, 5) is 36.5. The summed E-state index contributed by atoms with van der Waals surface area (Å²) in [7, 11) is 3.22.